The van der Waals surface area contributed by atoms with E-state index >= 15 is 0 Å². The molecular formula is C34H8F10N2O6S3. The molecule has 0 fully saturated rings. The molecule has 0 atom stereocenters. The summed E-state index contributed by atoms with van der Waals surface area (Å²) < 4.78 is 222. The van der Waals surface area contributed by atoms with E-state index in [-0.39, 0.29) is 39.0 Å². The lowest BCUT2D eigenvalue weighted by Gasteiger charge is -2.11. The van der Waals surface area contributed by atoms with Crippen LogP contribution in [-0.2, 0) is 29.5 Å². The van der Waals surface area contributed by atoms with Crippen LogP contribution in [0.1, 0.15) is 11.1 Å². The van der Waals surface area contributed by atoms with Crippen molar-refractivity contribution < 1.29 is 69.2 Å². The van der Waals surface area contributed by atoms with Crippen LogP contribution in [0.5, 0.6) is 0 Å². The molecule has 0 radical (unpaired) electrons. The third kappa shape index (κ3) is 4.89. The minimum Gasteiger partial charge on any atom is -0.218 e. The van der Waals surface area contributed by atoms with Crippen molar-refractivity contribution in [3.8, 4) is 34.4 Å². The Morgan fingerprint density at radius 1 is 0.455 bits per heavy atom. The third-order valence-corrected chi connectivity index (χ3v) is 14.1. The summed E-state index contributed by atoms with van der Waals surface area (Å²) in [4.78, 5) is -8.18. The molecule has 0 amide bonds. The van der Waals surface area contributed by atoms with Crippen LogP contribution in [0.2, 0.25) is 0 Å². The number of hydrogen-bond acceptors (Lipinski definition) is 8. The van der Waals surface area contributed by atoms with E-state index in [1.807, 2.05) is 0 Å². The SMILES string of the molecule is N#CC(C#N)=C1c2cc(S(=O)(=O)c3c(F)c(F)c(F)c(F)c3F)ccc2-c2cc3c(cc21)-c1ccc(S(=O)(=O)c2c(F)c(F)c(F)c(F)c2F)cc1S3(=O)=O. The Morgan fingerprint density at radius 3 is 1.29 bits per heavy atom. The molecule has 0 aromatic heterocycles. The molecule has 2 aliphatic rings. The van der Waals surface area contributed by atoms with Crippen LogP contribution in [0.15, 0.2) is 83.5 Å². The molecule has 0 bridgehead atoms. The van der Waals surface area contributed by atoms with Crippen LogP contribution in [0.25, 0.3) is 27.8 Å². The van der Waals surface area contributed by atoms with Crippen molar-refractivity contribution in [3.05, 3.63) is 123 Å². The van der Waals surface area contributed by atoms with Crippen LogP contribution in [0, 0.1) is 80.8 Å². The van der Waals surface area contributed by atoms with Gasteiger partial charge in [0.05, 0.1) is 19.6 Å². The van der Waals surface area contributed by atoms with Gasteiger partial charge in [-0.15, -0.1) is 0 Å². The van der Waals surface area contributed by atoms with Crippen LogP contribution in [-0.4, -0.2) is 25.3 Å². The fourth-order valence-corrected chi connectivity index (χ4v) is 10.8. The van der Waals surface area contributed by atoms with E-state index in [2.05, 4.69) is 0 Å². The third-order valence-electron chi connectivity index (χ3n) is 8.73. The van der Waals surface area contributed by atoms with E-state index in [0.29, 0.717) is 24.3 Å². The minimum atomic E-state index is -5.64. The van der Waals surface area contributed by atoms with Gasteiger partial charge in [0.25, 0.3) is 0 Å². The van der Waals surface area contributed by atoms with Gasteiger partial charge in [-0.1, -0.05) is 12.1 Å². The second-order valence-electron chi connectivity index (χ2n) is 11.5. The molecule has 1 aliphatic carbocycles. The number of hydrogen-bond donors (Lipinski definition) is 0. The van der Waals surface area contributed by atoms with Gasteiger partial charge in [0.2, 0.25) is 41.1 Å². The van der Waals surface area contributed by atoms with Gasteiger partial charge < -0.3 is 0 Å². The van der Waals surface area contributed by atoms with Gasteiger partial charge in [-0.05, 0) is 58.7 Å². The summed E-state index contributed by atoms with van der Waals surface area (Å²) in [5.74, 6) is -26.4. The zero-order chi connectivity index (χ0) is 40.4. The molecule has 5 aromatic carbocycles. The van der Waals surface area contributed by atoms with E-state index in [9.17, 15) is 79.7 Å². The zero-order valence-electron chi connectivity index (χ0n) is 26.0. The molecule has 7 rings (SSSR count). The number of allylic oxidation sites excluding steroid dienone is 1. The highest BCUT2D eigenvalue weighted by molar-refractivity contribution is 7.93. The predicted molar refractivity (Wildman–Crippen MR) is 163 cm³/mol. The lowest BCUT2D eigenvalue weighted by Crippen LogP contribution is -2.13. The maximum absolute atomic E-state index is 14.6. The lowest BCUT2D eigenvalue weighted by molar-refractivity contribution is 0.357. The molecule has 1 heterocycles. The highest BCUT2D eigenvalue weighted by atomic mass is 32.2. The van der Waals surface area contributed by atoms with Crippen LogP contribution in [0.3, 0.4) is 0 Å². The van der Waals surface area contributed by atoms with Crippen molar-refractivity contribution in [2.75, 3.05) is 0 Å². The summed E-state index contributed by atoms with van der Waals surface area (Å²) in [6.45, 7) is 0. The molecular weight excluding hydrogens is 819 g/mol. The highest BCUT2D eigenvalue weighted by Crippen LogP contribution is 2.53. The van der Waals surface area contributed by atoms with Crippen LogP contribution in [0.4, 0.5) is 43.9 Å². The second-order valence-corrected chi connectivity index (χ2v) is 17.2. The van der Waals surface area contributed by atoms with Gasteiger partial charge >= 0.3 is 0 Å². The Balaban J connectivity index is 1.42. The van der Waals surface area contributed by atoms with Crippen molar-refractivity contribution in [3.63, 3.8) is 0 Å². The molecule has 278 valence electrons. The maximum atomic E-state index is 14.6. The average Bonchev–Trinajstić information content (AvgIpc) is 3.58. The Bertz CT molecular complexity index is 3100. The average molecular weight is 827 g/mol. The van der Waals surface area contributed by atoms with Gasteiger partial charge in [-0.2, -0.15) is 10.5 Å². The number of halogens is 10. The van der Waals surface area contributed by atoms with Crippen molar-refractivity contribution in [2.45, 2.75) is 29.4 Å². The molecule has 1 aliphatic heterocycles. The predicted octanol–water partition coefficient (Wildman–Crippen LogP) is 7.39. The zero-order valence-corrected chi connectivity index (χ0v) is 28.4. The van der Waals surface area contributed by atoms with Crippen LogP contribution < -0.4 is 0 Å². The number of rotatable bonds is 4. The molecule has 0 saturated heterocycles. The molecule has 8 nitrogen and oxygen atoms in total. The topological polar surface area (TPSA) is 150 Å². The number of benzene rings is 5. The van der Waals surface area contributed by atoms with E-state index in [0.717, 1.165) is 24.3 Å². The standard InChI is InChI=1S/C34H8F10N2O6S3/c35-23-25(37)29(41)33(30(42)26(23)38)53(47,48)12-1-3-14-16-8-21-17(7-19(16)22(18(14)5-12)11(9-45)10-46)15-4-2-13(6-20(15)55(21,51)52)54(49,50)34-31(43)27(39)24(36)28(40)32(34)44/h1-8H. The van der Waals surface area contributed by atoms with Crippen molar-refractivity contribution in [1.29, 1.82) is 10.5 Å². The summed E-state index contributed by atoms with van der Waals surface area (Å²) in [5, 5.41) is 19.6. The maximum Gasteiger partial charge on any atom is 0.212 e. The first-order valence-corrected chi connectivity index (χ1v) is 18.9. The van der Waals surface area contributed by atoms with Gasteiger partial charge in [0.1, 0.15) is 27.5 Å². The first-order valence-electron chi connectivity index (χ1n) is 14.4. The molecule has 21 heteroatoms. The fourth-order valence-electron chi connectivity index (χ4n) is 6.24. The second kappa shape index (κ2) is 12.0. The monoisotopic (exact) mass is 826 g/mol. The van der Waals surface area contributed by atoms with Crippen LogP contribution >= 0.6 is 0 Å². The Labute approximate surface area is 301 Å². The van der Waals surface area contributed by atoms with E-state index in [1.54, 1.807) is 12.1 Å². The highest BCUT2D eigenvalue weighted by Gasteiger charge is 2.41. The summed E-state index contributed by atoms with van der Waals surface area (Å²) in [7, 11) is -16.1. The molecule has 0 unspecified atom stereocenters. The van der Waals surface area contributed by atoms with Gasteiger partial charge in [0, 0.05) is 16.7 Å². The summed E-state index contributed by atoms with van der Waals surface area (Å²) >= 11 is 0. The largest absolute Gasteiger partial charge is 0.218 e. The lowest BCUT2D eigenvalue weighted by atomic mass is 9.95. The number of nitrogens with zero attached hydrogens (tertiary/aromatic N) is 2. The molecule has 0 N–H and O–H groups in total. The van der Waals surface area contributed by atoms with Gasteiger partial charge in [0.15, 0.2) is 46.5 Å². The van der Waals surface area contributed by atoms with E-state index in [4.69, 9.17) is 0 Å². The summed E-state index contributed by atoms with van der Waals surface area (Å²) in [6, 6.07) is 9.18. The summed E-state index contributed by atoms with van der Waals surface area (Å²) in [5.41, 5.74) is -2.40. The van der Waals surface area contributed by atoms with Crippen molar-refractivity contribution >= 4 is 35.1 Å². The van der Waals surface area contributed by atoms with Crippen molar-refractivity contribution in [1.82, 2.24) is 0 Å². The number of nitriles is 2. The minimum absolute atomic E-state index is 0.118. The Kier molecular flexibility index (Phi) is 8.13. The Hall–Kier alpha value is -6.03. The smallest absolute Gasteiger partial charge is 0.212 e. The number of fused-ring (bicyclic) bond motifs is 6. The summed E-state index contributed by atoms with van der Waals surface area (Å²) in [6.07, 6.45) is 0. The van der Waals surface area contributed by atoms with Gasteiger partial charge in [-0.3, -0.25) is 0 Å². The normalized spacial score (nSPS) is 13.8. The quantitative estimate of drug-likeness (QED) is 0.0587. The van der Waals surface area contributed by atoms with E-state index in [1.165, 1.54) is 0 Å². The number of sulfone groups is 3. The molecule has 0 spiro atoms. The first-order chi connectivity index (χ1) is 25.6. The molecule has 0 saturated carbocycles. The Morgan fingerprint density at radius 2 is 0.836 bits per heavy atom. The molecule has 5 aromatic rings. The van der Waals surface area contributed by atoms with E-state index < -0.39 is 123 Å². The fraction of sp³-hybridized carbons (Fsp3) is 0. The molecule has 55 heavy (non-hydrogen) atoms. The van der Waals surface area contributed by atoms with Crippen molar-refractivity contribution in [2.24, 2.45) is 0 Å². The first kappa shape index (κ1) is 37.3. The van der Waals surface area contributed by atoms with Gasteiger partial charge in [-0.25, -0.2) is 69.2 Å².